The molecule has 1 saturated carbocycles. The van der Waals surface area contributed by atoms with E-state index in [9.17, 15) is 4.79 Å². The number of carboxylic acid groups (broad SMARTS) is 1. The van der Waals surface area contributed by atoms with Gasteiger partial charge in [-0.15, -0.1) is 5.10 Å². The lowest BCUT2D eigenvalue weighted by Gasteiger charge is -2.20. The van der Waals surface area contributed by atoms with Gasteiger partial charge in [-0.05, 0) is 22.8 Å². The average molecular weight is 252 g/mol. The second-order valence-corrected chi connectivity index (χ2v) is 5.02. The van der Waals surface area contributed by atoms with Gasteiger partial charge in [0.1, 0.15) is 0 Å². The number of aliphatic carboxylic acids is 1. The molecule has 1 heterocycles. The van der Waals surface area contributed by atoms with Gasteiger partial charge in [0.2, 0.25) is 0 Å². The van der Waals surface area contributed by atoms with Crippen molar-refractivity contribution in [2.24, 2.45) is 5.92 Å². The van der Waals surface area contributed by atoms with E-state index in [1.54, 1.807) is 4.68 Å². The number of hydrogen-bond donors (Lipinski definition) is 1. The molecule has 1 aromatic rings. The van der Waals surface area contributed by atoms with E-state index in [2.05, 4.69) is 15.5 Å². The van der Waals surface area contributed by atoms with E-state index in [1.807, 2.05) is 0 Å². The van der Waals surface area contributed by atoms with Gasteiger partial charge in [-0.3, -0.25) is 4.79 Å². The average Bonchev–Trinajstić information content (AvgIpc) is 2.78. The summed E-state index contributed by atoms with van der Waals surface area (Å²) in [5.74, 6) is 0.840. The monoisotopic (exact) mass is 252 g/mol. The molecule has 0 saturated heterocycles. The van der Waals surface area contributed by atoms with Gasteiger partial charge in [-0.25, -0.2) is 4.68 Å². The molecule has 0 atom stereocenters. The molecule has 0 unspecified atom stereocenters. The normalized spacial score (nSPS) is 16.9. The summed E-state index contributed by atoms with van der Waals surface area (Å²) in [6.07, 6.45) is 8.18. The zero-order valence-electron chi connectivity index (χ0n) is 10.6. The van der Waals surface area contributed by atoms with Gasteiger partial charge >= 0.3 is 5.97 Å². The van der Waals surface area contributed by atoms with Gasteiger partial charge in [-0.2, -0.15) is 0 Å². The van der Waals surface area contributed by atoms with Gasteiger partial charge in [0.15, 0.2) is 5.82 Å². The Morgan fingerprint density at radius 1 is 1.33 bits per heavy atom. The van der Waals surface area contributed by atoms with E-state index in [4.69, 9.17) is 5.11 Å². The van der Waals surface area contributed by atoms with Gasteiger partial charge in [0, 0.05) is 19.4 Å². The SMILES string of the molecule is O=C(O)CCCn1nnnc1CC1CCCCC1. The highest BCUT2D eigenvalue weighted by molar-refractivity contribution is 5.66. The molecule has 0 amide bonds. The first-order chi connectivity index (χ1) is 8.75. The Morgan fingerprint density at radius 2 is 2.11 bits per heavy atom. The summed E-state index contributed by atoms with van der Waals surface area (Å²) < 4.78 is 1.76. The van der Waals surface area contributed by atoms with E-state index in [-0.39, 0.29) is 6.42 Å². The molecule has 1 fully saturated rings. The van der Waals surface area contributed by atoms with Gasteiger partial charge in [0.25, 0.3) is 0 Å². The molecule has 100 valence electrons. The lowest BCUT2D eigenvalue weighted by Crippen LogP contribution is -2.14. The first-order valence-electron chi connectivity index (χ1n) is 6.72. The Bertz CT molecular complexity index is 385. The Kier molecular flexibility index (Phi) is 4.66. The van der Waals surface area contributed by atoms with Crippen molar-refractivity contribution in [3.05, 3.63) is 5.82 Å². The lowest BCUT2D eigenvalue weighted by molar-refractivity contribution is -0.137. The van der Waals surface area contributed by atoms with Crippen molar-refractivity contribution in [3.8, 4) is 0 Å². The van der Waals surface area contributed by atoms with Crippen LogP contribution in [0.5, 0.6) is 0 Å². The summed E-state index contributed by atoms with van der Waals surface area (Å²) in [7, 11) is 0. The van der Waals surface area contributed by atoms with Crippen molar-refractivity contribution in [2.45, 2.75) is 57.9 Å². The predicted molar refractivity (Wildman–Crippen MR) is 65.0 cm³/mol. The topological polar surface area (TPSA) is 80.9 Å². The van der Waals surface area contributed by atoms with Crippen LogP contribution in [-0.4, -0.2) is 31.3 Å². The fourth-order valence-corrected chi connectivity index (χ4v) is 2.57. The largest absolute Gasteiger partial charge is 0.481 e. The summed E-state index contributed by atoms with van der Waals surface area (Å²) >= 11 is 0. The van der Waals surface area contributed by atoms with Crippen LogP contribution >= 0.6 is 0 Å². The standard InChI is InChI=1S/C12H20N4O2/c17-12(18)7-4-8-16-11(13-14-15-16)9-10-5-2-1-3-6-10/h10H,1-9H2,(H,17,18). The Balaban J connectivity index is 1.84. The summed E-state index contributed by atoms with van der Waals surface area (Å²) in [6.45, 7) is 0.599. The molecule has 1 aliphatic carbocycles. The number of aryl methyl sites for hydroxylation is 1. The third kappa shape index (κ3) is 3.78. The minimum Gasteiger partial charge on any atom is -0.481 e. The van der Waals surface area contributed by atoms with E-state index < -0.39 is 5.97 Å². The Labute approximate surface area is 106 Å². The zero-order valence-corrected chi connectivity index (χ0v) is 10.6. The molecule has 2 rings (SSSR count). The van der Waals surface area contributed by atoms with Crippen LogP contribution in [0.1, 0.15) is 50.8 Å². The van der Waals surface area contributed by atoms with Crippen molar-refractivity contribution in [1.29, 1.82) is 0 Å². The molecule has 1 aliphatic rings. The van der Waals surface area contributed by atoms with Crippen LogP contribution in [0.4, 0.5) is 0 Å². The second kappa shape index (κ2) is 6.47. The van der Waals surface area contributed by atoms with Crippen LogP contribution in [0.15, 0.2) is 0 Å². The van der Waals surface area contributed by atoms with Crippen LogP contribution in [0.3, 0.4) is 0 Å². The highest BCUT2D eigenvalue weighted by Gasteiger charge is 2.17. The van der Waals surface area contributed by atoms with Crippen molar-refractivity contribution >= 4 is 5.97 Å². The number of hydrogen-bond acceptors (Lipinski definition) is 4. The molecular formula is C12H20N4O2. The van der Waals surface area contributed by atoms with Crippen LogP contribution in [0.25, 0.3) is 0 Å². The lowest BCUT2D eigenvalue weighted by atomic mass is 9.87. The highest BCUT2D eigenvalue weighted by Crippen LogP contribution is 2.26. The molecule has 0 spiro atoms. The van der Waals surface area contributed by atoms with Gasteiger partial charge in [-0.1, -0.05) is 32.1 Å². The van der Waals surface area contributed by atoms with Crippen molar-refractivity contribution in [2.75, 3.05) is 0 Å². The van der Waals surface area contributed by atoms with Crippen LogP contribution in [0, 0.1) is 5.92 Å². The molecule has 0 aliphatic heterocycles. The van der Waals surface area contributed by atoms with E-state index in [0.29, 0.717) is 18.9 Å². The summed E-state index contributed by atoms with van der Waals surface area (Å²) in [5.41, 5.74) is 0. The number of nitrogens with zero attached hydrogens (tertiary/aromatic N) is 4. The van der Waals surface area contributed by atoms with Crippen molar-refractivity contribution < 1.29 is 9.90 Å². The highest BCUT2D eigenvalue weighted by atomic mass is 16.4. The van der Waals surface area contributed by atoms with E-state index in [0.717, 1.165) is 12.2 Å². The second-order valence-electron chi connectivity index (χ2n) is 5.02. The maximum absolute atomic E-state index is 10.5. The maximum atomic E-state index is 10.5. The molecular weight excluding hydrogens is 232 g/mol. The van der Waals surface area contributed by atoms with Crippen LogP contribution < -0.4 is 0 Å². The quantitative estimate of drug-likeness (QED) is 0.832. The van der Waals surface area contributed by atoms with E-state index in [1.165, 1.54) is 32.1 Å². The molecule has 18 heavy (non-hydrogen) atoms. The van der Waals surface area contributed by atoms with Gasteiger partial charge < -0.3 is 5.11 Å². The minimum atomic E-state index is -0.767. The van der Waals surface area contributed by atoms with Crippen LogP contribution in [0.2, 0.25) is 0 Å². The molecule has 6 heteroatoms. The molecule has 0 bridgehead atoms. The number of rotatable bonds is 6. The first kappa shape index (κ1) is 13.0. The summed E-state index contributed by atoms with van der Waals surface area (Å²) in [6, 6.07) is 0. The number of carbonyl (C=O) groups is 1. The Morgan fingerprint density at radius 3 is 2.83 bits per heavy atom. The molecule has 1 N–H and O–H groups in total. The zero-order chi connectivity index (χ0) is 12.8. The van der Waals surface area contributed by atoms with E-state index >= 15 is 0 Å². The predicted octanol–water partition coefficient (Wildman–Crippen LogP) is 1.66. The van der Waals surface area contributed by atoms with Crippen LogP contribution in [-0.2, 0) is 17.8 Å². The number of carboxylic acids is 1. The number of tetrazole rings is 1. The third-order valence-electron chi connectivity index (χ3n) is 3.56. The number of aromatic nitrogens is 4. The minimum absolute atomic E-state index is 0.169. The fourth-order valence-electron chi connectivity index (χ4n) is 2.57. The molecule has 6 nitrogen and oxygen atoms in total. The molecule has 0 aromatic carbocycles. The first-order valence-corrected chi connectivity index (χ1v) is 6.72. The summed E-state index contributed by atoms with van der Waals surface area (Å²) in [4.78, 5) is 10.5. The smallest absolute Gasteiger partial charge is 0.303 e. The Hall–Kier alpha value is -1.46. The van der Waals surface area contributed by atoms with Crippen molar-refractivity contribution in [1.82, 2.24) is 20.2 Å². The maximum Gasteiger partial charge on any atom is 0.303 e. The molecule has 0 radical (unpaired) electrons. The van der Waals surface area contributed by atoms with Gasteiger partial charge in [0.05, 0.1) is 0 Å². The molecule has 1 aromatic heterocycles. The third-order valence-corrected chi connectivity index (χ3v) is 3.56. The summed E-state index contributed by atoms with van der Waals surface area (Å²) in [5, 5.41) is 20.3. The fraction of sp³-hybridized carbons (Fsp3) is 0.833. The van der Waals surface area contributed by atoms with Crippen molar-refractivity contribution in [3.63, 3.8) is 0 Å².